The highest BCUT2D eigenvalue weighted by Crippen LogP contribution is 2.17. The van der Waals surface area contributed by atoms with Gasteiger partial charge in [-0.1, -0.05) is 0 Å². The zero-order valence-electron chi connectivity index (χ0n) is 11.4. The molecule has 0 unspecified atom stereocenters. The van der Waals surface area contributed by atoms with Crippen LogP contribution in [0.5, 0.6) is 0 Å². The third kappa shape index (κ3) is 3.46. The third-order valence-corrected chi connectivity index (χ3v) is 3.56. The molecule has 1 aliphatic rings. The van der Waals surface area contributed by atoms with Crippen molar-refractivity contribution in [3.8, 4) is 0 Å². The lowest BCUT2D eigenvalue weighted by atomic mass is 9.97. The second-order valence-corrected chi connectivity index (χ2v) is 4.94. The van der Waals surface area contributed by atoms with E-state index in [0.717, 1.165) is 5.82 Å². The summed E-state index contributed by atoms with van der Waals surface area (Å²) in [6, 6.07) is -0.143. The van der Waals surface area contributed by atoms with Crippen molar-refractivity contribution in [1.29, 1.82) is 0 Å². The number of carbonyl (C=O) groups is 2. The van der Waals surface area contributed by atoms with Crippen LogP contribution in [-0.4, -0.2) is 56.4 Å². The summed E-state index contributed by atoms with van der Waals surface area (Å²) in [7, 11) is 1.85. The van der Waals surface area contributed by atoms with Crippen LogP contribution in [0.1, 0.15) is 18.7 Å². The quantitative estimate of drug-likeness (QED) is 0.800. The molecule has 1 aromatic rings. The summed E-state index contributed by atoms with van der Waals surface area (Å²) < 4.78 is 1.81. The van der Waals surface area contributed by atoms with Crippen LogP contribution < -0.4 is 5.32 Å². The van der Waals surface area contributed by atoms with Gasteiger partial charge in [-0.3, -0.25) is 4.79 Å². The Morgan fingerprint density at radius 1 is 1.45 bits per heavy atom. The first-order valence-electron chi connectivity index (χ1n) is 6.66. The molecule has 8 nitrogen and oxygen atoms in total. The molecule has 0 spiro atoms. The molecule has 8 heteroatoms. The van der Waals surface area contributed by atoms with Crippen molar-refractivity contribution in [3.05, 3.63) is 12.2 Å². The average Bonchev–Trinajstić information content (AvgIpc) is 2.84. The minimum atomic E-state index is -0.771. The predicted octanol–water partition coefficient (Wildman–Crippen LogP) is -0.136. The maximum atomic E-state index is 11.9. The zero-order valence-corrected chi connectivity index (χ0v) is 11.4. The minimum absolute atomic E-state index is 0.143. The van der Waals surface area contributed by atoms with Crippen molar-refractivity contribution < 1.29 is 14.7 Å². The van der Waals surface area contributed by atoms with E-state index >= 15 is 0 Å². The summed E-state index contributed by atoms with van der Waals surface area (Å²) in [5.74, 6) is -0.278. The van der Waals surface area contributed by atoms with Crippen molar-refractivity contribution in [2.75, 3.05) is 19.6 Å². The molecule has 0 radical (unpaired) electrons. The molecule has 2 rings (SSSR count). The number of nitrogens with zero attached hydrogens (tertiary/aromatic N) is 4. The summed E-state index contributed by atoms with van der Waals surface area (Å²) >= 11 is 0. The highest BCUT2D eigenvalue weighted by molar-refractivity contribution is 5.75. The highest BCUT2D eigenvalue weighted by Gasteiger charge is 2.26. The lowest BCUT2D eigenvalue weighted by molar-refractivity contribution is -0.143. The van der Waals surface area contributed by atoms with E-state index in [1.807, 2.05) is 11.6 Å². The number of urea groups is 1. The number of aromatic nitrogens is 3. The van der Waals surface area contributed by atoms with Gasteiger partial charge in [0.25, 0.3) is 0 Å². The summed E-state index contributed by atoms with van der Waals surface area (Å²) in [6.45, 7) is 1.48. The standard InChI is InChI=1S/C12H19N5O3/c1-16-8-14-15-10(16)2-5-13-12(20)17-6-3-9(4-7-17)11(18)19/h8-9H,2-7H2,1H3,(H,13,20)(H,18,19). The molecule has 0 aromatic carbocycles. The first-order valence-corrected chi connectivity index (χ1v) is 6.66. The Bertz CT molecular complexity index is 479. The fraction of sp³-hybridized carbons (Fsp3) is 0.667. The Morgan fingerprint density at radius 2 is 2.15 bits per heavy atom. The number of carboxylic acids is 1. The number of amides is 2. The van der Waals surface area contributed by atoms with Gasteiger partial charge in [-0.2, -0.15) is 0 Å². The number of carbonyl (C=O) groups excluding carboxylic acids is 1. The van der Waals surface area contributed by atoms with Crippen molar-refractivity contribution in [3.63, 3.8) is 0 Å². The van der Waals surface area contributed by atoms with E-state index in [0.29, 0.717) is 38.9 Å². The van der Waals surface area contributed by atoms with Gasteiger partial charge in [-0.15, -0.1) is 10.2 Å². The topological polar surface area (TPSA) is 100 Å². The number of hydrogen-bond donors (Lipinski definition) is 2. The molecule has 0 bridgehead atoms. The molecule has 110 valence electrons. The van der Waals surface area contributed by atoms with Crippen molar-refractivity contribution in [1.82, 2.24) is 25.0 Å². The Labute approximate surface area is 116 Å². The van der Waals surface area contributed by atoms with E-state index in [-0.39, 0.29) is 11.9 Å². The Morgan fingerprint density at radius 3 is 2.70 bits per heavy atom. The van der Waals surface area contributed by atoms with Gasteiger partial charge < -0.3 is 19.9 Å². The summed E-state index contributed by atoms with van der Waals surface area (Å²) in [6.07, 6.45) is 3.28. The fourth-order valence-electron chi connectivity index (χ4n) is 2.26. The second-order valence-electron chi connectivity index (χ2n) is 4.94. The number of nitrogens with one attached hydrogen (secondary N) is 1. The Balaban J connectivity index is 1.71. The first-order chi connectivity index (χ1) is 9.58. The van der Waals surface area contributed by atoms with Crippen LogP contribution in [0.3, 0.4) is 0 Å². The van der Waals surface area contributed by atoms with Gasteiger partial charge >= 0.3 is 12.0 Å². The van der Waals surface area contributed by atoms with Crippen molar-refractivity contribution in [2.45, 2.75) is 19.3 Å². The van der Waals surface area contributed by atoms with Gasteiger partial charge in [0.05, 0.1) is 5.92 Å². The normalized spacial score (nSPS) is 16.1. The second kappa shape index (κ2) is 6.36. The monoisotopic (exact) mass is 281 g/mol. The molecule has 1 saturated heterocycles. The number of aryl methyl sites for hydroxylation is 1. The Hall–Kier alpha value is -2.12. The molecular formula is C12H19N5O3. The van der Waals surface area contributed by atoms with Gasteiger partial charge in [-0.05, 0) is 12.8 Å². The zero-order chi connectivity index (χ0) is 14.5. The van der Waals surface area contributed by atoms with Gasteiger partial charge in [0.15, 0.2) is 0 Å². The molecule has 0 saturated carbocycles. The predicted molar refractivity (Wildman–Crippen MR) is 70.0 cm³/mol. The first kappa shape index (κ1) is 14.3. The lowest BCUT2D eigenvalue weighted by Gasteiger charge is -2.30. The van der Waals surface area contributed by atoms with Gasteiger partial charge in [0.1, 0.15) is 12.2 Å². The largest absolute Gasteiger partial charge is 0.481 e. The lowest BCUT2D eigenvalue weighted by Crippen LogP contribution is -2.46. The van der Waals surface area contributed by atoms with Crippen LogP contribution >= 0.6 is 0 Å². The molecule has 20 heavy (non-hydrogen) atoms. The van der Waals surface area contributed by atoms with Crippen LogP contribution in [0.4, 0.5) is 4.79 Å². The molecule has 2 heterocycles. The highest BCUT2D eigenvalue weighted by atomic mass is 16.4. The molecule has 0 aliphatic carbocycles. The number of likely N-dealkylation sites (tertiary alicyclic amines) is 1. The number of piperidine rings is 1. The fourth-order valence-corrected chi connectivity index (χ4v) is 2.26. The van der Waals surface area contributed by atoms with Crippen molar-refractivity contribution >= 4 is 12.0 Å². The number of carboxylic acid groups (broad SMARTS) is 1. The number of aliphatic carboxylic acids is 1. The van der Waals surface area contributed by atoms with Gasteiger partial charge in [-0.25, -0.2) is 4.79 Å². The molecule has 2 N–H and O–H groups in total. The van der Waals surface area contributed by atoms with E-state index < -0.39 is 5.97 Å². The SMILES string of the molecule is Cn1cnnc1CCNC(=O)N1CCC(C(=O)O)CC1. The Kier molecular flexibility index (Phi) is 4.54. The van der Waals surface area contributed by atoms with Crippen molar-refractivity contribution in [2.24, 2.45) is 13.0 Å². The number of hydrogen-bond acceptors (Lipinski definition) is 4. The van der Waals surface area contributed by atoms with Crippen LogP contribution in [0.2, 0.25) is 0 Å². The summed E-state index contributed by atoms with van der Waals surface area (Å²) in [4.78, 5) is 24.4. The molecule has 1 aliphatic heterocycles. The van der Waals surface area contributed by atoms with E-state index in [4.69, 9.17) is 5.11 Å². The van der Waals surface area contributed by atoms with E-state index in [2.05, 4.69) is 15.5 Å². The van der Waals surface area contributed by atoms with E-state index in [1.54, 1.807) is 11.2 Å². The number of rotatable bonds is 4. The molecule has 1 fully saturated rings. The third-order valence-electron chi connectivity index (χ3n) is 3.56. The van der Waals surface area contributed by atoms with Gasteiger partial charge in [0.2, 0.25) is 0 Å². The molecule has 2 amide bonds. The molecular weight excluding hydrogens is 262 g/mol. The summed E-state index contributed by atoms with van der Waals surface area (Å²) in [5.41, 5.74) is 0. The van der Waals surface area contributed by atoms with Gasteiger partial charge in [0, 0.05) is 33.1 Å². The van der Waals surface area contributed by atoms with Crippen LogP contribution in [0.25, 0.3) is 0 Å². The van der Waals surface area contributed by atoms with Crippen LogP contribution in [0.15, 0.2) is 6.33 Å². The summed E-state index contributed by atoms with van der Waals surface area (Å²) in [5, 5.41) is 19.4. The maximum Gasteiger partial charge on any atom is 0.317 e. The molecule has 0 atom stereocenters. The molecule has 1 aromatic heterocycles. The van der Waals surface area contributed by atoms with E-state index in [9.17, 15) is 9.59 Å². The smallest absolute Gasteiger partial charge is 0.317 e. The minimum Gasteiger partial charge on any atom is -0.481 e. The van der Waals surface area contributed by atoms with Crippen LogP contribution in [-0.2, 0) is 18.3 Å². The van der Waals surface area contributed by atoms with E-state index in [1.165, 1.54) is 0 Å². The maximum absolute atomic E-state index is 11.9. The van der Waals surface area contributed by atoms with Crippen LogP contribution in [0, 0.1) is 5.92 Å². The average molecular weight is 281 g/mol.